The second-order valence-corrected chi connectivity index (χ2v) is 7.11. The Labute approximate surface area is 167 Å². The van der Waals surface area contributed by atoms with Crippen LogP contribution >= 0.6 is 27.5 Å². The molecule has 0 aliphatic rings. The number of methoxy groups -OCH3 is 1. The molecule has 0 aliphatic carbocycles. The Kier molecular flexibility index (Phi) is 6.42. The van der Waals surface area contributed by atoms with Crippen LogP contribution in [0.1, 0.15) is 11.1 Å². The lowest BCUT2D eigenvalue weighted by Crippen LogP contribution is -2.01. The summed E-state index contributed by atoms with van der Waals surface area (Å²) in [5.74, 6) is 1.45. The number of rotatable bonds is 7. The molecule has 0 bridgehead atoms. The van der Waals surface area contributed by atoms with E-state index in [0.717, 1.165) is 37.8 Å². The van der Waals surface area contributed by atoms with Gasteiger partial charge in [0.05, 0.1) is 7.11 Å². The van der Waals surface area contributed by atoms with Crippen molar-refractivity contribution < 1.29 is 9.47 Å². The fraction of sp³-hybridized carbons (Fsp3) is 0.143. The fourth-order valence-electron chi connectivity index (χ4n) is 2.45. The predicted molar refractivity (Wildman–Crippen MR) is 110 cm³/mol. The first kappa shape index (κ1) is 18.6. The molecule has 0 saturated carbocycles. The molecule has 0 unspecified atom stereocenters. The van der Waals surface area contributed by atoms with Crippen LogP contribution in [0, 0.1) is 0 Å². The van der Waals surface area contributed by atoms with Crippen LogP contribution in [0.2, 0.25) is 5.02 Å². The third-order valence-corrected chi connectivity index (χ3v) is 4.66. The molecule has 5 heteroatoms. The molecule has 0 heterocycles. The Morgan fingerprint density at radius 3 is 2.27 bits per heavy atom. The molecule has 3 aromatic carbocycles. The third-order valence-electron chi connectivity index (χ3n) is 3.88. The molecule has 0 atom stereocenters. The largest absolute Gasteiger partial charge is 0.493 e. The van der Waals surface area contributed by atoms with E-state index >= 15 is 0 Å². The Hall–Kier alpha value is -2.17. The summed E-state index contributed by atoms with van der Waals surface area (Å²) in [6, 6.07) is 21.7. The van der Waals surface area contributed by atoms with Gasteiger partial charge in [-0.2, -0.15) is 0 Å². The average molecular weight is 433 g/mol. The van der Waals surface area contributed by atoms with Gasteiger partial charge in [-0.15, -0.1) is 0 Å². The van der Waals surface area contributed by atoms with Crippen LogP contribution in [0.4, 0.5) is 5.69 Å². The minimum Gasteiger partial charge on any atom is -0.493 e. The van der Waals surface area contributed by atoms with Crippen molar-refractivity contribution in [2.75, 3.05) is 12.4 Å². The Morgan fingerprint density at radius 1 is 0.885 bits per heavy atom. The standard InChI is InChI=1S/C21H19BrClNO2/c1-25-21-12-16(13-24-19-9-7-18(23)8-10-19)4-11-20(21)26-14-15-2-5-17(22)6-3-15/h2-12,24H,13-14H2,1H3. The number of anilines is 1. The van der Waals surface area contributed by atoms with Gasteiger partial charge in [0.1, 0.15) is 6.61 Å². The number of hydrogen-bond acceptors (Lipinski definition) is 3. The maximum Gasteiger partial charge on any atom is 0.161 e. The van der Waals surface area contributed by atoms with E-state index in [1.54, 1.807) is 7.11 Å². The SMILES string of the molecule is COc1cc(CNc2ccc(Cl)cc2)ccc1OCc1ccc(Br)cc1. The van der Waals surface area contributed by atoms with E-state index in [-0.39, 0.29) is 0 Å². The molecule has 3 nitrogen and oxygen atoms in total. The first-order valence-corrected chi connectivity index (χ1v) is 9.35. The molecule has 0 saturated heterocycles. The Bertz CT molecular complexity index is 851. The fourth-order valence-corrected chi connectivity index (χ4v) is 2.85. The van der Waals surface area contributed by atoms with E-state index in [2.05, 4.69) is 21.2 Å². The van der Waals surface area contributed by atoms with E-state index < -0.39 is 0 Å². The summed E-state index contributed by atoms with van der Waals surface area (Å²) in [7, 11) is 1.65. The summed E-state index contributed by atoms with van der Waals surface area (Å²) in [4.78, 5) is 0. The van der Waals surface area contributed by atoms with Crippen LogP contribution < -0.4 is 14.8 Å². The van der Waals surface area contributed by atoms with Gasteiger partial charge >= 0.3 is 0 Å². The molecule has 26 heavy (non-hydrogen) atoms. The van der Waals surface area contributed by atoms with E-state index in [4.69, 9.17) is 21.1 Å². The molecule has 0 amide bonds. The summed E-state index contributed by atoms with van der Waals surface area (Å²) in [6.07, 6.45) is 0. The summed E-state index contributed by atoms with van der Waals surface area (Å²) in [5, 5.41) is 4.09. The van der Waals surface area contributed by atoms with Crippen molar-refractivity contribution in [2.24, 2.45) is 0 Å². The number of ether oxygens (including phenoxy) is 2. The van der Waals surface area contributed by atoms with Crippen LogP contribution in [0.5, 0.6) is 11.5 Å². The van der Waals surface area contributed by atoms with Gasteiger partial charge in [-0.1, -0.05) is 45.7 Å². The molecular weight excluding hydrogens is 414 g/mol. The van der Waals surface area contributed by atoms with E-state index in [9.17, 15) is 0 Å². The highest BCUT2D eigenvalue weighted by atomic mass is 79.9. The summed E-state index contributed by atoms with van der Waals surface area (Å²) in [6.45, 7) is 1.18. The first-order chi connectivity index (χ1) is 12.6. The van der Waals surface area contributed by atoms with Gasteiger partial charge in [0, 0.05) is 21.7 Å². The summed E-state index contributed by atoms with van der Waals surface area (Å²) < 4.78 is 12.4. The zero-order valence-electron chi connectivity index (χ0n) is 14.3. The number of benzene rings is 3. The minimum atomic E-state index is 0.492. The second kappa shape index (κ2) is 8.97. The van der Waals surface area contributed by atoms with Crippen LogP contribution in [-0.2, 0) is 13.2 Å². The molecule has 3 aromatic rings. The monoisotopic (exact) mass is 431 g/mol. The van der Waals surface area contributed by atoms with E-state index in [0.29, 0.717) is 13.2 Å². The van der Waals surface area contributed by atoms with Gasteiger partial charge in [-0.3, -0.25) is 0 Å². The lowest BCUT2D eigenvalue weighted by molar-refractivity contribution is 0.284. The molecule has 0 aromatic heterocycles. The highest BCUT2D eigenvalue weighted by Gasteiger charge is 2.07. The first-order valence-electron chi connectivity index (χ1n) is 8.17. The Balaban J connectivity index is 1.63. The highest BCUT2D eigenvalue weighted by Crippen LogP contribution is 2.29. The van der Waals surface area contributed by atoms with Gasteiger partial charge in [0.2, 0.25) is 0 Å². The normalized spacial score (nSPS) is 10.4. The van der Waals surface area contributed by atoms with Gasteiger partial charge < -0.3 is 14.8 Å². The average Bonchev–Trinajstić information content (AvgIpc) is 2.67. The second-order valence-electron chi connectivity index (χ2n) is 5.76. The minimum absolute atomic E-state index is 0.492. The number of nitrogens with one attached hydrogen (secondary N) is 1. The molecule has 0 aliphatic heterocycles. The van der Waals surface area contributed by atoms with Crippen LogP contribution in [0.15, 0.2) is 71.2 Å². The molecule has 0 spiro atoms. The van der Waals surface area contributed by atoms with Crippen molar-refractivity contribution in [1.29, 1.82) is 0 Å². The van der Waals surface area contributed by atoms with Crippen LogP contribution in [-0.4, -0.2) is 7.11 Å². The molecule has 3 rings (SSSR count). The van der Waals surface area contributed by atoms with E-state index in [1.807, 2.05) is 66.7 Å². The van der Waals surface area contributed by atoms with Crippen molar-refractivity contribution in [3.05, 3.63) is 87.4 Å². The predicted octanol–water partition coefficient (Wildman–Crippen LogP) is 6.30. The maximum atomic E-state index is 5.91. The molecule has 0 radical (unpaired) electrons. The summed E-state index contributed by atoms with van der Waals surface area (Å²) in [5.41, 5.74) is 3.22. The number of hydrogen-bond donors (Lipinski definition) is 1. The zero-order valence-corrected chi connectivity index (χ0v) is 16.7. The highest BCUT2D eigenvalue weighted by molar-refractivity contribution is 9.10. The van der Waals surface area contributed by atoms with Gasteiger partial charge in [0.15, 0.2) is 11.5 Å². The van der Waals surface area contributed by atoms with Gasteiger partial charge in [-0.25, -0.2) is 0 Å². The van der Waals surface area contributed by atoms with Crippen LogP contribution in [0.25, 0.3) is 0 Å². The zero-order chi connectivity index (χ0) is 18.4. The van der Waals surface area contributed by atoms with E-state index in [1.165, 1.54) is 0 Å². The van der Waals surface area contributed by atoms with Crippen molar-refractivity contribution in [1.82, 2.24) is 0 Å². The molecule has 0 fully saturated rings. The van der Waals surface area contributed by atoms with Gasteiger partial charge in [-0.05, 0) is 59.7 Å². The molecule has 1 N–H and O–H groups in total. The smallest absolute Gasteiger partial charge is 0.161 e. The van der Waals surface area contributed by atoms with Gasteiger partial charge in [0.25, 0.3) is 0 Å². The third kappa shape index (κ3) is 5.16. The van der Waals surface area contributed by atoms with Crippen molar-refractivity contribution in [3.63, 3.8) is 0 Å². The van der Waals surface area contributed by atoms with Crippen molar-refractivity contribution in [2.45, 2.75) is 13.2 Å². The van der Waals surface area contributed by atoms with Crippen molar-refractivity contribution in [3.8, 4) is 11.5 Å². The quantitative estimate of drug-likeness (QED) is 0.475. The van der Waals surface area contributed by atoms with Crippen LogP contribution in [0.3, 0.4) is 0 Å². The summed E-state index contributed by atoms with van der Waals surface area (Å²) >= 11 is 9.34. The lowest BCUT2D eigenvalue weighted by atomic mass is 10.2. The molecular formula is C21H19BrClNO2. The Morgan fingerprint density at radius 2 is 1.58 bits per heavy atom. The lowest BCUT2D eigenvalue weighted by Gasteiger charge is -2.13. The topological polar surface area (TPSA) is 30.5 Å². The number of halogens is 2. The molecule has 134 valence electrons. The van der Waals surface area contributed by atoms with Crippen molar-refractivity contribution >= 4 is 33.2 Å². The maximum absolute atomic E-state index is 5.91.